The van der Waals surface area contributed by atoms with Crippen molar-refractivity contribution in [1.82, 2.24) is 0 Å². The molecule has 0 aromatic heterocycles. The molecule has 0 aliphatic heterocycles. The van der Waals surface area contributed by atoms with Crippen LogP contribution in [0.4, 0.5) is 0 Å². The van der Waals surface area contributed by atoms with Gasteiger partial charge in [-0.2, -0.15) is 0 Å². The number of allylic oxidation sites excluding steroid dienone is 1. The second kappa shape index (κ2) is 4.43. The molecule has 2 rings (SSSR count). The van der Waals surface area contributed by atoms with Gasteiger partial charge >= 0.3 is 0 Å². The first-order valence-electron chi connectivity index (χ1n) is 5.27. The molecule has 1 aromatic rings. The lowest BCUT2D eigenvalue weighted by atomic mass is 10.0. The fourth-order valence-corrected chi connectivity index (χ4v) is 1.96. The maximum Gasteiger partial charge on any atom is 0.0827 e. The van der Waals surface area contributed by atoms with E-state index in [9.17, 15) is 5.11 Å². The molecule has 0 bridgehead atoms. The number of aliphatic hydroxyl groups is 1. The van der Waals surface area contributed by atoms with E-state index in [1.807, 2.05) is 30.3 Å². The molecule has 1 unspecified atom stereocenters. The highest BCUT2D eigenvalue weighted by atomic mass is 16.3. The summed E-state index contributed by atoms with van der Waals surface area (Å²) in [6.07, 6.45) is 6.38. The summed E-state index contributed by atoms with van der Waals surface area (Å²) >= 11 is 0. The van der Waals surface area contributed by atoms with E-state index >= 15 is 0 Å². The summed E-state index contributed by atoms with van der Waals surface area (Å²) in [6.45, 7) is 0. The van der Waals surface area contributed by atoms with Gasteiger partial charge in [0.1, 0.15) is 0 Å². The predicted molar refractivity (Wildman–Crippen MR) is 58.0 cm³/mol. The van der Waals surface area contributed by atoms with Gasteiger partial charge in [-0.15, -0.1) is 0 Å². The average Bonchev–Trinajstić information content (AvgIpc) is 2.72. The van der Waals surface area contributed by atoms with E-state index in [0.717, 1.165) is 12.0 Å². The molecule has 0 amide bonds. The van der Waals surface area contributed by atoms with Crippen LogP contribution in [0.2, 0.25) is 0 Å². The van der Waals surface area contributed by atoms with Crippen LogP contribution in [0.5, 0.6) is 0 Å². The van der Waals surface area contributed by atoms with Gasteiger partial charge in [0, 0.05) is 0 Å². The van der Waals surface area contributed by atoms with Crippen LogP contribution in [0.1, 0.15) is 37.4 Å². The van der Waals surface area contributed by atoms with Crippen molar-refractivity contribution >= 4 is 0 Å². The number of aliphatic hydroxyl groups excluding tert-OH is 1. The van der Waals surface area contributed by atoms with Gasteiger partial charge in [-0.1, -0.05) is 42.0 Å². The molecule has 0 saturated carbocycles. The molecule has 0 heterocycles. The van der Waals surface area contributed by atoms with Crippen LogP contribution in [0.15, 0.2) is 42.0 Å². The molecule has 1 aromatic carbocycles. The molecule has 1 aliphatic carbocycles. The van der Waals surface area contributed by atoms with Crippen molar-refractivity contribution in [3.63, 3.8) is 0 Å². The maximum atomic E-state index is 9.94. The van der Waals surface area contributed by atoms with E-state index in [2.05, 4.69) is 6.08 Å². The van der Waals surface area contributed by atoms with Crippen molar-refractivity contribution in [2.75, 3.05) is 0 Å². The van der Waals surface area contributed by atoms with Crippen molar-refractivity contribution < 1.29 is 5.11 Å². The lowest BCUT2D eigenvalue weighted by Gasteiger charge is -2.11. The van der Waals surface area contributed by atoms with Gasteiger partial charge in [0.15, 0.2) is 0 Å². The van der Waals surface area contributed by atoms with Crippen LogP contribution in [0.25, 0.3) is 0 Å². The van der Waals surface area contributed by atoms with E-state index in [4.69, 9.17) is 0 Å². The van der Waals surface area contributed by atoms with Gasteiger partial charge in [0.05, 0.1) is 6.10 Å². The SMILES string of the molecule is OC(CC1=CCCC1)c1ccccc1. The van der Waals surface area contributed by atoms with E-state index in [0.29, 0.717) is 0 Å². The Labute approximate surface area is 85.1 Å². The zero-order chi connectivity index (χ0) is 9.80. The van der Waals surface area contributed by atoms with Crippen LogP contribution in [0, 0.1) is 0 Å². The third-order valence-corrected chi connectivity index (χ3v) is 2.77. The van der Waals surface area contributed by atoms with Gasteiger partial charge in [-0.05, 0) is 31.2 Å². The van der Waals surface area contributed by atoms with Crippen molar-refractivity contribution in [2.24, 2.45) is 0 Å². The largest absolute Gasteiger partial charge is 0.388 e. The van der Waals surface area contributed by atoms with Crippen molar-refractivity contribution in [1.29, 1.82) is 0 Å². The smallest absolute Gasteiger partial charge is 0.0827 e. The summed E-state index contributed by atoms with van der Waals surface area (Å²) < 4.78 is 0. The molecule has 0 radical (unpaired) electrons. The second-order valence-electron chi connectivity index (χ2n) is 3.89. The minimum absolute atomic E-state index is 0.319. The zero-order valence-corrected chi connectivity index (χ0v) is 8.32. The number of rotatable bonds is 3. The second-order valence-corrected chi connectivity index (χ2v) is 3.89. The number of hydrogen-bond donors (Lipinski definition) is 1. The summed E-state index contributed by atoms with van der Waals surface area (Å²) in [5.41, 5.74) is 2.45. The van der Waals surface area contributed by atoms with Crippen molar-refractivity contribution in [3.8, 4) is 0 Å². The monoisotopic (exact) mass is 188 g/mol. The van der Waals surface area contributed by atoms with Crippen molar-refractivity contribution in [3.05, 3.63) is 47.5 Å². The molecular weight excluding hydrogens is 172 g/mol. The van der Waals surface area contributed by atoms with Crippen LogP contribution >= 0.6 is 0 Å². The van der Waals surface area contributed by atoms with Crippen LogP contribution in [0.3, 0.4) is 0 Å². The third-order valence-electron chi connectivity index (χ3n) is 2.77. The third kappa shape index (κ3) is 2.24. The summed E-state index contributed by atoms with van der Waals surface area (Å²) in [6, 6.07) is 9.90. The van der Waals surface area contributed by atoms with Gasteiger partial charge < -0.3 is 5.11 Å². The lowest BCUT2D eigenvalue weighted by molar-refractivity contribution is 0.177. The van der Waals surface area contributed by atoms with E-state index < -0.39 is 0 Å². The Hall–Kier alpha value is -1.08. The maximum absolute atomic E-state index is 9.94. The van der Waals surface area contributed by atoms with Crippen LogP contribution < -0.4 is 0 Å². The Morgan fingerprint density at radius 3 is 2.64 bits per heavy atom. The van der Waals surface area contributed by atoms with E-state index in [-0.39, 0.29) is 6.10 Å². The first-order chi connectivity index (χ1) is 6.86. The summed E-state index contributed by atoms with van der Waals surface area (Å²) in [5, 5.41) is 9.94. The molecule has 0 spiro atoms. The van der Waals surface area contributed by atoms with Crippen LogP contribution in [-0.2, 0) is 0 Å². The van der Waals surface area contributed by atoms with Crippen molar-refractivity contribution in [2.45, 2.75) is 31.8 Å². The predicted octanol–water partition coefficient (Wildman–Crippen LogP) is 3.22. The molecule has 0 fully saturated rings. The average molecular weight is 188 g/mol. The minimum atomic E-state index is -0.319. The van der Waals surface area contributed by atoms with E-state index in [1.165, 1.54) is 24.8 Å². The summed E-state index contributed by atoms with van der Waals surface area (Å²) in [4.78, 5) is 0. The Kier molecular flexibility index (Phi) is 3.00. The summed E-state index contributed by atoms with van der Waals surface area (Å²) in [7, 11) is 0. The van der Waals surface area contributed by atoms with Gasteiger partial charge in [0.25, 0.3) is 0 Å². The Morgan fingerprint density at radius 2 is 2.00 bits per heavy atom. The van der Waals surface area contributed by atoms with Gasteiger partial charge in [0.2, 0.25) is 0 Å². The number of hydrogen-bond acceptors (Lipinski definition) is 1. The highest BCUT2D eigenvalue weighted by Crippen LogP contribution is 2.27. The quantitative estimate of drug-likeness (QED) is 0.722. The fraction of sp³-hybridized carbons (Fsp3) is 0.385. The minimum Gasteiger partial charge on any atom is -0.388 e. The molecule has 0 saturated heterocycles. The van der Waals surface area contributed by atoms with Crippen LogP contribution in [-0.4, -0.2) is 5.11 Å². The fourth-order valence-electron chi connectivity index (χ4n) is 1.96. The Bertz CT molecular complexity index is 313. The lowest BCUT2D eigenvalue weighted by Crippen LogP contribution is -1.97. The standard InChI is InChI=1S/C13H16O/c14-13(10-11-6-4-5-7-11)12-8-2-1-3-9-12/h1-3,6,8-9,13-14H,4-5,7,10H2. The molecule has 74 valence electrons. The summed E-state index contributed by atoms with van der Waals surface area (Å²) in [5.74, 6) is 0. The van der Waals surface area contributed by atoms with E-state index in [1.54, 1.807) is 0 Å². The topological polar surface area (TPSA) is 20.2 Å². The molecule has 1 atom stereocenters. The molecule has 1 heteroatoms. The van der Waals surface area contributed by atoms with Gasteiger partial charge in [-0.3, -0.25) is 0 Å². The number of benzene rings is 1. The molecule has 1 nitrogen and oxygen atoms in total. The normalized spacial score (nSPS) is 17.9. The highest BCUT2D eigenvalue weighted by molar-refractivity contribution is 5.20. The molecule has 1 aliphatic rings. The zero-order valence-electron chi connectivity index (χ0n) is 8.32. The highest BCUT2D eigenvalue weighted by Gasteiger charge is 2.11. The molecular formula is C13H16O. The first kappa shape index (κ1) is 9.47. The molecule has 1 N–H and O–H groups in total. The van der Waals surface area contributed by atoms with Gasteiger partial charge in [-0.25, -0.2) is 0 Å². The Balaban J connectivity index is 1.99. The molecule has 14 heavy (non-hydrogen) atoms. The Morgan fingerprint density at radius 1 is 1.21 bits per heavy atom. The first-order valence-corrected chi connectivity index (χ1v) is 5.27.